The Morgan fingerprint density at radius 2 is 1.25 bits per heavy atom. The van der Waals surface area contributed by atoms with Gasteiger partial charge in [0.15, 0.2) is 0 Å². The maximum absolute atomic E-state index is 11.7. The van der Waals surface area contributed by atoms with Crippen LogP contribution in [0.3, 0.4) is 0 Å². The van der Waals surface area contributed by atoms with Crippen LogP contribution >= 0.6 is 0 Å². The summed E-state index contributed by atoms with van der Waals surface area (Å²) >= 11 is 0. The molecule has 0 fully saturated rings. The van der Waals surface area contributed by atoms with Crippen molar-refractivity contribution in [2.75, 3.05) is 0 Å². The van der Waals surface area contributed by atoms with Gasteiger partial charge in [0.25, 0.3) is 0 Å². The molecule has 0 radical (unpaired) electrons. The number of hydrogen-bond donors (Lipinski definition) is 3. The summed E-state index contributed by atoms with van der Waals surface area (Å²) in [5, 5.41) is 2.67. The molecule has 0 bridgehead atoms. The van der Waals surface area contributed by atoms with Crippen molar-refractivity contribution in [2.24, 2.45) is 5.84 Å². The van der Waals surface area contributed by atoms with E-state index < -0.39 is 17.9 Å². The van der Waals surface area contributed by atoms with Crippen molar-refractivity contribution in [3.63, 3.8) is 0 Å². The third-order valence-corrected chi connectivity index (χ3v) is 2.88. The molecule has 0 atom stereocenters. The minimum atomic E-state index is -0.873. The van der Waals surface area contributed by atoms with Crippen LogP contribution in [-0.4, -0.2) is 11.8 Å². The summed E-state index contributed by atoms with van der Waals surface area (Å²) in [5.74, 6) is 3.32. The molecule has 4 N–H and O–H groups in total. The summed E-state index contributed by atoms with van der Waals surface area (Å²) in [6.45, 7) is 0. The molecule has 5 nitrogen and oxygen atoms in total. The van der Waals surface area contributed by atoms with Gasteiger partial charge in [-0.2, -0.15) is 0 Å². The maximum Gasteiger partial charge on any atom is 0.323 e. The summed E-state index contributed by atoms with van der Waals surface area (Å²) in [5.41, 5.74) is 3.59. The second kappa shape index (κ2) is 6.49. The summed E-state index contributed by atoms with van der Waals surface area (Å²) in [7, 11) is 0. The number of nitrogens with one attached hydrogen (secondary N) is 2. The van der Waals surface area contributed by atoms with Crippen molar-refractivity contribution in [1.29, 1.82) is 0 Å². The van der Waals surface area contributed by atoms with Crippen molar-refractivity contribution in [1.82, 2.24) is 10.7 Å². The van der Waals surface area contributed by atoms with Crippen LogP contribution in [0.25, 0.3) is 0 Å². The Morgan fingerprint density at radius 3 is 1.65 bits per heavy atom. The second-order valence-corrected chi connectivity index (χ2v) is 4.20. The molecule has 0 saturated heterocycles. The van der Waals surface area contributed by atoms with Gasteiger partial charge in [0.1, 0.15) is 0 Å². The molecule has 0 saturated carbocycles. The van der Waals surface area contributed by atoms with E-state index >= 15 is 0 Å². The zero-order valence-corrected chi connectivity index (χ0v) is 10.7. The minimum Gasteiger partial charge on any atom is -0.337 e. The van der Waals surface area contributed by atoms with Crippen molar-refractivity contribution >= 4 is 11.8 Å². The summed E-state index contributed by atoms with van der Waals surface area (Å²) in [6, 6.07) is 18.4. The molecule has 0 unspecified atom stereocenters. The molecular weight excluding hydrogens is 254 g/mol. The van der Waals surface area contributed by atoms with E-state index in [1.807, 2.05) is 66.1 Å². The monoisotopic (exact) mass is 269 g/mol. The number of hydrogen-bond acceptors (Lipinski definition) is 3. The lowest BCUT2D eigenvalue weighted by atomic mass is 9.99. The number of benzene rings is 2. The number of amides is 2. The van der Waals surface area contributed by atoms with Crippen LogP contribution < -0.4 is 16.6 Å². The van der Waals surface area contributed by atoms with Crippen molar-refractivity contribution in [2.45, 2.75) is 6.04 Å². The fourth-order valence-corrected chi connectivity index (χ4v) is 1.91. The highest BCUT2D eigenvalue weighted by Crippen LogP contribution is 2.21. The van der Waals surface area contributed by atoms with Gasteiger partial charge < -0.3 is 5.32 Å². The largest absolute Gasteiger partial charge is 0.337 e. The topological polar surface area (TPSA) is 84.2 Å². The van der Waals surface area contributed by atoms with Crippen LogP contribution in [0.15, 0.2) is 60.7 Å². The lowest BCUT2D eigenvalue weighted by Gasteiger charge is -2.19. The van der Waals surface area contributed by atoms with Crippen LogP contribution in [0, 0.1) is 0 Å². The molecular formula is C15H15N3O2. The summed E-state index contributed by atoms with van der Waals surface area (Å²) in [6.07, 6.45) is 0. The maximum atomic E-state index is 11.7. The summed E-state index contributed by atoms with van der Waals surface area (Å²) in [4.78, 5) is 23.0. The number of carbonyl (C=O) groups excluding carboxylic acids is 2. The van der Waals surface area contributed by atoms with E-state index in [4.69, 9.17) is 5.84 Å². The van der Waals surface area contributed by atoms with Crippen molar-refractivity contribution in [3.05, 3.63) is 71.8 Å². The Kier molecular flexibility index (Phi) is 4.47. The zero-order chi connectivity index (χ0) is 14.4. The first-order chi connectivity index (χ1) is 9.72. The van der Waals surface area contributed by atoms with E-state index in [9.17, 15) is 9.59 Å². The first-order valence-corrected chi connectivity index (χ1v) is 6.13. The SMILES string of the molecule is NNC(=O)C(=O)NC(c1ccccc1)c1ccccc1. The van der Waals surface area contributed by atoms with E-state index in [0.717, 1.165) is 11.1 Å². The third-order valence-electron chi connectivity index (χ3n) is 2.88. The predicted octanol–water partition coefficient (Wildman–Crippen LogP) is 0.882. The quantitative estimate of drug-likeness (QED) is 0.335. The van der Waals surface area contributed by atoms with E-state index in [1.165, 1.54) is 0 Å². The van der Waals surface area contributed by atoms with Gasteiger partial charge >= 0.3 is 11.8 Å². The Labute approximate surface area is 116 Å². The zero-order valence-electron chi connectivity index (χ0n) is 10.7. The Morgan fingerprint density at radius 1 is 0.800 bits per heavy atom. The average molecular weight is 269 g/mol. The fraction of sp³-hybridized carbons (Fsp3) is 0.0667. The van der Waals surface area contributed by atoms with E-state index in [-0.39, 0.29) is 0 Å². The molecule has 0 aromatic heterocycles. The Bertz CT molecular complexity index is 545. The van der Waals surface area contributed by atoms with Gasteiger partial charge in [-0.3, -0.25) is 15.0 Å². The molecule has 2 amide bonds. The number of hydrazine groups is 1. The van der Waals surface area contributed by atoms with E-state index in [1.54, 1.807) is 0 Å². The average Bonchev–Trinajstić information content (AvgIpc) is 2.53. The van der Waals surface area contributed by atoms with Gasteiger partial charge in [-0.15, -0.1) is 0 Å². The van der Waals surface area contributed by atoms with Crippen LogP contribution in [0.1, 0.15) is 17.2 Å². The van der Waals surface area contributed by atoms with E-state index in [0.29, 0.717) is 0 Å². The minimum absolute atomic E-state index is 0.401. The first-order valence-electron chi connectivity index (χ1n) is 6.13. The van der Waals surface area contributed by atoms with Gasteiger partial charge in [0, 0.05) is 0 Å². The van der Waals surface area contributed by atoms with Gasteiger partial charge in [0.2, 0.25) is 0 Å². The summed E-state index contributed by atoms with van der Waals surface area (Å²) < 4.78 is 0. The predicted molar refractivity (Wildman–Crippen MR) is 75.2 cm³/mol. The number of nitrogens with two attached hydrogens (primary N) is 1. The molecule has 0 aliphatic heterocycles. The molecule has 0 aliphatic rings. The third kappa shape index (κ3) is 3.21. The smallest absolute Gasteiger partial charge is 0.323 e. The Balaban J connectivity index is 2.31. The van der Waals surface area contributed by atoms with E-state index in [2.05, 4.69) is 5.32 Å². The molecule has 2 rings (SSSR count). The van der Waals surface area contributed by atoms with Crippen molar-refractivity contribution < 1.29 is 9.59 Å². The normalized spacial score (nSPS) is 10.1. The molecule has 0 aliphatic carbocycles. The molecule has 20 heavy (non-hydrogen) atoms. The molecule has 0 spiro atoms. The lowest BCUT2D eigenvalue weighted by Crippen LogP contribution is -2.44. The Hall–Kier alpha value is -2.66. The van der Waals surface area contributed by atoms with Crippen LogP contribution in [0.2, 0.25) is 0 Å². The van der Waals surface area contributed by atoms with Gasteiger partial charge in [-0.1, -0.05) is 60.7 Å². The van der Waals surface area contributed by atoms with Gasteiger partial charge in [-0.25, -0.2) is 5.84 Å². The molecule has 0 heterocycles. The van der Waals surface area contributed by atoms with Crippen molar-refractivity contribution in [3.8, 4) is 0 Å². The fourth-order valence-electron chi connectivity index (χ4n) is 1.91. The molecule has 2 aromatic carbocycles. The highest BCUT2D eigenvalue weighted by molar-refractivity contribution is 6.35. The van der Waals surface area contributed by atoms with Crippen LogP contribution in [0.4, 0.5) is 0 Å². The second-order valence-electron chi connectivity index (χ2n) is 4.20. The molecule has 102 valence electrons. The van der Waals surface area contributed by atoms with Gasteiger partial charge in [-0.05, 0) is 11.1 Å². The molecule has 5 heteroatoms. The number of carbonyl (C=O) groups is 2. The first kappa shape index (κ1) is 13.8. The van der Waals surface area contributed by atoms with Gasteiger partial charge in [0.05, 0.1) is 6.04 Å². The lowest BCUT2D eigenvalue weighted by molar-refractivity contribution is -0.139. The highest BCUT2D eigenvalue weighted by atomic mass is 16.2. The van der Waals surface area contributed by atoms with Crippen LogP contribution in [0.5, 0.6) is 0 Å². The standard InChI is InChI=1S/C15H15N3O2/c16-18-15(20)14(19)17-13(11-7-3-1-4-8-11)12-9-5-2-6-10-12/h1-10,13H,16H2,(H,17,19)(H,18,20). The molecule has 2 aromatic rings. The number of rotatable bonds is 3. The van der Waals surface area contributed by atoms with Crippen LogP contribution in [-0.2, 0) is 9.59 Å². The highest BCUT2D eigenvalue weighted by Gasteiger charge is 2.20.